The van der Waals surface area contributed by atoms with Gasteiger partial charge in [-0.1, -0.05) is 44.7 Å². The molecule has 1 fully saturated rings. The van der Waals surface area contributed by atoms with Gasteiger partial charge in [0.2, 0.25) is 0 Å². The number of hydrogen-bond acceptors (Lipinski definition) is 3. The van der Waals surface area contributed by atoms with Crippen molar-refractivity contribution in [2.75, 3.05) is 26.3 Å². The van der Waals surface area contributed by atoms with E-state index >= 15 is 0 Å². The van der Waals surface area contributed by atoms with Gasteiger partial charge in [0.05, 0.1) is 19.3 Å². The Kier molecular flexibility index (Phi) is 6.89. The topological polar surface area (TPSA) is 30.5 Å². The van der Waals surface area contributed by atoms with E-state index in [9.17, 15) is 0 Å². The van der Waals surface area contributed by atoms with Gasteiger partial charge in [0.1, 0.15) is 5.75 Å². The number of hydrogen-bond donors (Lipinski definition) is 1. The minimum Gasteiger partial charge on any atom is -0.494 e. The number of benzene rings is 1. The van der Waals surface area contributed by atoms with E-state index in [1.54, 1.807) is 0 Å². The number of ether oxygens (including phenoxy) is 2. The first kappa shape index (κ1) is 15.3. The second kappa shape index (κ2) is 8.98. The average Bonchev–Trinajstić information content (AvgIpc) is 2.52. The maximum atomic E-state index is 5.77. The summed E-state index contributed by atoms with van der Waals surface area (Å²) >= 11 is 0. The van der Waals surface area contributed by atoms with Crippen LogP contribution < -0.4 is 10.1 Å². The van der Waals surface area contributed by atoms with Crippen LogP contribution in [0.3, 0.4) is 0 Å². The van der Waals surface area contributed by atoms with Crippen LogP contribution in [-0.2, 0) is 4.74 Å². The van der Waals surface area contributed by atoms with Crippen molar-refractivity contribution in [3.8, 4) is 5.75 Å². The van der Waals surface area contributed by atoms with Crippen molar-refractivity contribution in [3.63, 3.8) is 0 Å². The summed E-state index contributed by atoms with van der Waals surface area (Å²) < 4.78 is 11.5. The van der Waals surface area contributed by atoms with Crippen LogP contribution in [0.4, 0.5) is 0 Å². The van der Waals surface area contributed by atoms with Crippen LogP contribution in [0, 0.1) is 0 Å². The second-order valence-corrected chi connectivity index (χ2v) is 5.40. The number of unbranched alkanes of at least 4 members (excludes halogenated alkanes) is 4. The van der Waals surface area contributed by atoms with Crippen molar-refractivity contribution in [2.24, 2.45) is 0 Å². The summed E-state index contributed by atoms with van der Waals surface area (Å²) in [5, 5.41) is 3.35. The highest BCUT2D eigenvalue weighted by Crippen LogP contribution is 2.21. The van der Waals surface area contributed by atoms with Crippen molar-refractivity contribution < 1.29 is 9.47 Å². The molecular formula is C17H27NO2. The molecule has 0 aliphatic carbocycles. The molecule has 20 heavy (non-hydrogen) atoms. The summed E-state index contributed by atoms with van der Waals surface area (Å²) in [4.78, 5) is 0. The first-order valence-electron chi connectivity index (χ1n) is 7.95. The van der Waals surface area contributed by atoms with Gasteiger partial charge in [-0.15, -0.1) is 0 Å². The highest BCUT2D eigenvalue weighted by atomic mass is 16.5. The smallest absolute Gasteiger partial charge is 0.119 e. The van der Waals surface area contributed by atoms with Crippen molar-refractivity contribution in [1.82, 2.24) is 5.32 Å². The highest BCUT2D eigenvalue weighted by molar-refractivity contribution is 5.29. The standard InChI is InChI=1S/C17H27NO2/c1-2-3-4-5-6-12-19-16-9-7-15(8-10-16)17-14-18-11-13-20-17/h7-10,17-18H,2-6,11-14H2,1H3/t17-/m0/s1. The summed E-state index contributed by atoms with van der Waals surface area (Å²) in [5.74, 6) is 0.966. The molecule has 1 aliphatic rings. The fourth-order valence-corrected chi connectivity index (χ4v) is 2.45. The lowest BCUT2D eigenvalue weighted by Crippen LogP contribution is -2.33. The summed E-state index contributed by atoms with van der Waals surface area (Å²) in [7, 11) is 0. The first-order valence-corrected chi connectivity index (χ1v) is 7.95. The van der Waals surface area contributed by atoms with Gasteiger partial charge in [-0.2, -0.15) is 0 Å². The minimum absolute atomic E-state index is 0.187. The zero-order chi connectivity index (χ0) is 14.0. The quantitative estimate of drug-likeness (QED) is 0.735. The average molecular weight is 277 g/mol. The van der Waals surface area contributed by atoms with E-state index in [0.717, 1.165) is 38.5 Å². The van der Waals surface area contributed by atoms with E-state index in [4.69, 9.17) is 9.47 Å². The first-order chi connectivity index (χ1) is 9.90. The lowest BCUT2D eigenvalue weighted by atomic mass is 10.1. The molecule has 0 amide bonds. The zero-order valence-corrected chi connectivity index (χ0v) is 12.6. The molecule has 1 aliphatic heterocycles. The SMILES string of the molecule is CCCCCCCOc1ccc([C@@H]2CNCCO2)cc1. The number of morpholine rings is 1. The Hall–Kier alpha value is -1.06. The molecule has 1 heterocycles. The van der Waals surface area contributed by atoms with Crippen LogP contribution in [0.15, 0.2) is 24.3 Å². The van der Waals surface area contributed by atoms with Gasteiger partial charge in [-0.05, 0) is 24.1 Å². The van der Waals surface area contributed by atoms with Crippen molar-refractivity contribution in [1.29, 1.82) is 0 Å². The molecule has 1 aromatic rings. The Morgan fingerprint density at radius 2 is 1.95 bits per heavy atom. The molecule has 0 saturated carbocycles. The van der Waals surface area contributed by atoms with E-state index in [2.05, 4.69) is 36.5 Å². The van der Waals surface area contributed by atoms with E-state index in [1.165, 1.54) is 31.2 Å². The molecule has 0 bridgehead atoms. The maximum Gasteiger partial charge on any atom is 0.119 e. The van der Waals surface area contributed by atoms with Gasteiger partial charge in [0.25, 0.3) is 0 Å². The lowest BCUT2D eigenvalue weighted by molar-refractivity contribution is 0.0277. The molecule has 0 aromatic heterocycles. The minimum atomic E-state index is 0.187. The fourth-order valence-electron chi connectivity index (χ4n) is 2.45. The molecule has 1 N–H and O–H groups in total. The number of nitrogens with one attached hydrogen (secondary N) is 1. The van der Waals surface area contributed by atoms with Crippen LogP contribution in [0.1, 0.15) is 50.7 Å². The van der Waals surface area contributed by atoms with Crippen LogP contribution >= 0.6 is 0 Å². The third kappa shape index (κ3) is 5.14. The van der Waals surface area contributed by atoms with E-state index in [-0.39, 0.29) is 6.10 Å². The van der Waals surface area contributed by atoms with E-state index < -0.39 is 0 Å². The Labute approximate surface area is 122 Å². The molecular weight excluding hydrogens is 250 g/mol. The molecule has 0 radical (unpaired) electrons. The molecule has 1 saturated heterocycles. The van der Waals surface area contributed by atoms with Gasteiger partial charge in [0, 0.05) is 13.1 Å². The Bertz CT molecular complexity index is 358. The third-order valence-electron chi connectivity index (χ3n) is 3.70. The third-order valence-corrected chi connectivity index (χ3v) is 3.70. The normalized spacial score (nSPS) is 18.9. The largest absolute Gasteiger partial charge is 0.494 e. The fraction of sp³-hybridized carbons (Fsp3) is 0.647. The molecule has 3 nitrogen and oxygen atoms in total. The van der Waals surface area contributed by atoms with Gasteiger partial charge in [-0.25, -0.2) is 0 Å². The van der Waals surface area contributed by atoms with Crippen LogP contribution in [0.5, 0.6) is 5.75 Å². The predicted molar refractivity (Wildman–Crippen MR) is 82.3 cm³/mol. The molecule has 3 heteroatoms. The summed E-state index contributed by atoms with van der Waals surface area (Å²) in [6.45, 7) is 5.71. The summed E-state index contributed by atoms with van der Waals surface area (Å²) in [6.07, 6.45) is 6.56. The van der Waals surface area contributed by atoms with E-state index in [1.807, 2.05) is 0 Å². The van der Waals surface area contributed by atoms with Gasteiger partial charge >= 0.3 is 0 Å². The summed E-state index contributed by atoms with van der Waals surface area (Å²) in [6, 6.07) is 8.34. The second-order valence-electron chi connectivity index (χ2n) is 5.40. The Morgan fingerprint density at radius 3 is 2.65 bits per heavy atom. The van der Waals surface area contributed by atoms with Crippen LogP contribution in [-0.4, -0.2) is 26.3 Å². The molecule has 1 atom stereocenters. The predicted octanol–water partition coefficient (Wildman–Crippen LogP) is 3.70. The summed E-state index contributed by atoms with van der Waals surface area (Å²) in [5.41, 5.74) is 1.23. The molecule has 112 valence electrons. The van der Waals surface area contributed by atoms with Crippen molar-refractivity contribution in [3.05, 3.63) is 29.8 Å². The van der Waals surface area contributed by atoms with Crippen LogP contribution in [0.2, 0.25) is 0 Å². The molecule has 0 unspecified atom stereocenters. The number of rotatable bonds is 8. The van der Waals surface area contributed by atoms with Crippen LogP contribution in [0.25, 0.3) is 0 Å². The van der Waals surface area contributed by atoms with E-state index in [0.29, 0.717) is 0 Å². The molecule has 2 rings (SSSR count). The van der Waals surface area contributed by atoms with Gasteiger partial charge < -0.3 is 14.8 Å². The van der Waals surface area contributed by atoms with Gasteiger partial charge in [0.15, 0.2) is 0 Å². The Balaban J connectivity index is 1.68. The Morgan fingerprint density at radius 1 is 1.15 bits per heavy atom. The van der Waals surface area contributed by atoms with Crippen molar-refractivity contribution >= 4 is 0 Å². The monoisotopic (exact) mass is 277 g/mol. The molecule has 0 spiro atoms. The zero-order valence-electron chi connectivity index (χ0n) is 12.6. The maximum absolute atomic E-state index is 5.77. The van der Waals surface area contributed by atoms with Crippen molar-refractivity contribution in [2.45, 2.75) is 45.1 Å². The van der Waals surface area contributed by atoms with Gasteiger partial charge in [-0.3, -0.25) is 0 Å². The molecule has 1 aromatic carbocycles. The highest BCUT2D eigenvalue weighted by Gasteiger charge is 2.15. The lowest BCUT2D eigenvalue weighted by Gasteiger charge is -2.24.